The van der Waals surface area contributed by atoms with Gasteiger partial charge in [-0.25, -0.2) is 15.0 Å². The molecule has 0 N–H and O–H groups in total. The molecule has 0 atom stereocenters. The van der Waals surface area contributed by atoms with Crippen LogP contribution in [0, 0.1) is 0 Å². The molecule has 0 radical (unpaired) electrons. The van der Waals surface area contributed by atoms with Crippen LogP contribution in [0.3, 0.4) is 0 Å². The molecule has 0 aliphatic rings. The van der Waals surface area contributed by atoms with E-state index in [1.54, 1.807) is 24.3 Å². The molecule has 6 aromatic carbocycles. The number of thiophene rings is 1. The van der Waals surface area contributed by atoms with Gasteiger partial charge in [0.25, 0.3) is 0 Å². The van der Waals surface area contributed by atoms with Crippen LogP contribution in [0.4, 0.5) is 0 Å². The van der Waals surface area contributed by atoms with Crippen molar-refractivity contribution in [3.05, 3.63) is 151 Å². The Morgan fingerprint density at radius 2 is 1.07 bits per heavy atom. The molecule has 2 heterocycles. The Balaban J connectivity index is 1.40. The van der Waals surface area contributed by atoms with Gasteiger partial charge in [0, 0.05) is 36.9 Å². The quantitative estimate of drug-likeness (QED) is 0.204. The van der Waals surface area contributed by atoms with E-state index in [-0.39, 0.29) is 79.0 Å². The molecule has 0 aliphatic carbocycles. The number of fused-ring (bicyclic) bond motifs is 3. The van der Waals surface area contributed by atoms with E-state index >= 15 is 0 Å². The normalized spacial score (nSPS) is 15.2. The van der Waals surface area contributed by atoms with Crippen LogP contribution in [0.15, 0.2) is 151 Å². The van der Waals surface area contributed by atoms with Crippen LogP contribution in [-0.2, 0) is 0 Å². The predicted octanol–water partition coefficient (Wildman–Crippen LogP) is 10.6. The van der Waals surface area contributed by atoms with Gasteiger partial charge in [-0.3, -0.25) is 0 Å². The van der Waals surface area contributed by atoms with Crippen molar-refractivity contribution in [2.45, 2.75) is 0 Å². The van der Waals surface area contributed by atoms with Gasteiger partial charge in [-0.1, -0.05) is 133 Å². The van der Waals surface area contributed by atoms with Crippen LogP contribution >= 0.6 is 11.3 Å². The van der Waals surface area contributed by atoms with Crippen molar-refractivity contribution in [3.8, 4) is 56.4 Å². The minimum Gasteiger partial charge on any atom is -0.208 e. The smallest absolute Gasteiger partial charge is 0.164 e. The fourth-order valence-corrected chi connectivity index (χ4v) is 5.89. The molecule has 43 heavy (non-hydrogen) atoms. The molecule has 0 fully saturated rings. The van der Waals surface area contributed by atoms with Gasteiger partial charge in [-0.15, -0.1) is 11.3 Å². The lowest BCUT2D eigenvalue weighted by Gasteiger charge is -2.11. The SMILES string of the molecule is [2H]c1c([2H])c([2H])c(-c2ccc(-c3nc(-c4cccc(-c5ccccc5)c4)nc(-c4c([2H])c([2H])c([2H])c5sc6c([2H])c([2H])c([2H])c([2H])c6c45)n3)cc2)c([2H])c1[2H]. The lowest BCUT2D eigenvalue weighted by molar-refractivity contribution is 1.08. The van der Waals surface area contributed by atoms with E-state index in [1.165, 1.54) is 0 Å². The second-order valence-electron chi connectivity index (χ2n) is 9.59. The number of aromatic nitrogens is 3. The largest absolute Gasteiger partial charge is 0.208 e. The van der Waals surface area contributed by atoms with Gasteiger partial charge >= 0.3 is 0 Å². The van der Waals surface area contributed by atoms with E-state index in [9.17, 15) is 0 Å². The third-order valence-electron chi connectivity index (χ3n) is 6.97. The molecule has 4 heteroatoms. The number of rotatable bonds is 5. The zero-order valence-electron chi connectivity index (χ0n) is 34.3. The van der Waals surface area contributed by atoms with Crippen molar-refractivity contribution in [1.82, 2.24) is 15.0 Å². The highest BCUT2D eigenvalue weighted by molar-refractivity contribution is 7.25. The predicted molar refractivity (Wildman–Crippen MR) is 180 cm³/mol. The summed E-state index contributed by atoms with van der Waals surface area (Å²) in [5.41, 5.74) is 3.26. The number of hydrogen-bond acceptors (Lipinski definition) is 4. The maximum absolute atomic E-state index is 9.12. The Labute approximate surface area is 270 Å². The average molecular weight is 580 g/mol. The maximum atomic E-state index is 9.12. The van der Waals surface area contributed by atoms with Crippen LogP contribution in [0.25, 0.3) is 76.6 Å². The summed E-state index contributed by atoms with van der Waals surface area (Å²) in [6, 6.07) is 18.8. The van der Waals surface area contributed by atoms with E-state index in [4.69, 9.17) is 31.4 Å². The summed E-state index contributed by atoms with van der Waals surface area (Å²) in [7, 11) is 0. The summed E-state index contributed by atoms with van der Waals surface area (Å²) in [4.78, 5) is 14.4. The van der Waals surface area contributed by atoms with Gasteiger partial charge in [0.2, 0.25) is 0 Å². The third kappa shape index (κ3) is 4.78. The summed E-state index contributed by atoms with van der Waals surface area (Å²) in [6.45, 7) is 0. The highest BCUT2D eigenvalue weighted by Gasteiger charge is 2.17. The van der Waals surface area contributed by atoms with Gasteiger partial charge in [0.1, 0.15) is 0 Å². The first-order valence-electron chi connectivity index (χ1n) is 19.3. The lowest BCUT2D eigenvalue weighted by atomic mass is 10.0. The summed E-state index contributed by atoms with van der Waals surface area (Å²) < 4.78 is 102. The van der Waals surface area contributed by atoms with E-state index in [1.807, 2.05) is 54.6 Å². The van der Waals surface area contributed by atoms with Crippen molar-refractivity contribution >= 4 is 31.5 Å². The molecule has 8 rings (SSSR count). The lowest BCUT2D eigenvalue weighted by Crippen LogP contribution is -2.00. The Kier molecular flexibility index (Phi) is 3.92. The van der Waals surface area contributed by atoms with Crippen LogP contribution in [0.5, 0.6) is 0 Å². The molecule has 8 aromatic rings. The average Bonchev–Trinajstić information content (AvgIpc) is 3.61. The zero-order chi connectivity index (χ0) is 39.0. The number of nitrogens with zero attached hydrogens (tertiary/aromatic N) is 3. The van der Waals surface area contributed by atoms with Crippen molar-refractivity contribution in [2.24, 2.45) is 0 Å². The first kappa shape index (κ1) is 15.7. The minimum absolute atomic E-state index is 0.00662. The monoisotopic (exact) mass is 579 g/mol. The standard InChI is InChI=1S/C39H25N3S/c1-3-11-26(12-4-1)28-21-23-29(24-22-28)37-40-38(31-16-9-15-30(25-31)27-13-5-2-6-14-27)42-39(41-37)33-18-10-20-35-36(33)32-17-7-8-19-34(32)43-35/h1-25H/i1D,3D,4D,7D,8D,10D,11D,12D,17D,18D,19D,20D. The third-order valence-corrected chi connectivity index (χ3v) is 7.99. The van der Waals surface area contributed by atoms with E-state index < -0.39 is 42.3 Å². The summed E-state index contributed by atoms with van der Waals surface area (Å²) in [5, 5.41) is 0.260. The van der Waals surface area contributed by atoms with Crippen LogP contribution < -0.4 is 0 Å². The van der Waals surface area contributed by atoms with E-state index in [2.05, 4.69) is 0 Å². The molecule has 0 bridgehead atoms. The van der Waals surface area contributed by atoms with E-state index in [0.717, 1.165) is 22.5 Å². The van der Waals surface area contributed by atoms with E-state index in [0.29, 0.717) is 16.7 Å². The first-order valence-corrected chi connectivity index (χ1v) is 14.1. The molecule has 0 saturated heterocycles. The summed E-state index contributed by atoms with van der Waals surface area (Å²) in [5.74, 6) is 0.270. The highest BCUT2D eigenvalue weighted by Crippen LogP contribution is 2.39. The topological polar surface area (TPSA) is 38.7 Å². The highest BCUT2D eigenvalue weighted by atomic mass is 32.1. The van der Waals surface area contributed by atoms with Crippen molar-refractivity contribution in [3.63, 3.8) is 0 Å². The molecule has 202 valence electrons. The Morgan fingerprint density at radius 3 is 1.91 bits per heavy atom. The van der Waals surface area contributed by atoms with Crippen LogP contribution in [0.1, 0.15) is 16.4 Å². The van der Waals surface area contributed by atoms with Crippen molar-refractivity contribution in [2.75, 3.05) is 0 Å². The molecular formula is C39H25N3S. The molecule has 0 amide bonds. The molecular weight excluding hydrogens is 543 g/mol. The van der Waals surface area contributed by atoms with Gasteiger partial charge in [-0.05, 0) is 40.4 Å². The fourth-order valence-electron chi connectivity index (χ4n) is 4.92. The fraction of sp³-hybridized carbons (Fsp3) is 0. The van der Waals surface area contributed by atoms with Crippen molar-refractivity contribution in [1.29, 1.82) is 0 Å². The Bertz CT molecular complexity index is 2870. The summed E-state index contributed by atoms with van der Waals surface area (Å²) in [6.07, 6.45) is 0. The van der Waals surface area contributed by atoms with Crippen LogP contribution in [-0.4, -0.2) is 15.0 Å². The zero-order valence-corrected chi connectivity index (χ0v) is 23.1. The minimum atomic E-state index is -0.497. The van der Waals surface area contributed by atoms with Gasteiger partial charge in [0.15, 0.2) is 17.5 Å². The van der Waals surface area contributed by atoms with Gasteiger partial charge < -0.3 is 0 Å². The molecule has 0 spiro atoms. The maximum Gasteiger partial charge on any atom is 0.164 e. The molecule has 3 nitrogen and oxygen atoms in total. The Hall–Kier alpha value is -5.45. The second-order valence-corrected chi connectivity index (χ2v) is 10.6. The summed E-state index contributed by atoms with van der Waals surface area (Å²) >= 11 is 0.947. The number of hydrogen-bond donors (Lipinski definition) is 0. The first-order chi connectivity index (χ1) is 26.3. The molecule has 0 unspecified atom stereocenters. The van der Waals surface area contributed by atoms with Gasteiger partial charge in [-0.2, -0.15) is 0 Å². The number of benzene rings is 6. The van der Waals surface area contributed by atoms with Gasteiger partial charge in [0.05, 0.1) is 16.4 Å². The van der Waals surface area contributed by atoms with Crippen LogP contribution in [0.2, 0.25) is 0 Å². The Morgan fingerprint density at radius 1 is 0.442 bits per heavy atom. The molecule has 2 aromatic heterocycles. The second kappa shape index (κ2) is 10.8. The van der Waals surface area contributed by atoms with Crippen molar-refractivity contribution < 1.29 is 16.4 Å². The molecule has 0 saturated carbocycles. The molecule has 0 aliphatic heterocycles.